The van der Waals surface area contributed by atoms with Crippen LogP contribution in [0.2, 0.25) is 0 Å². The maximum atomic E-state index is 8.91. The monoisotopic (exact) mass is 260 g/mol. The lowest BCUT2D eigenvalue weighted by atomic mass is 10.1. The first-order chi connectivity index (χ1) is 5.38. The van der Waals surface area contributed by atoms with Crippen molar-refractivity contribution < 1.29 is 5.11 Å². The van der Waals surface area contributed by atoms with Gasteiger partial charge in [0.2, 0.25) is 0 Å². The summed E-state index contributed by atoms with van der Waals surface area (Å²) in [5, 5.41) is 8.91. The van der Waals surface area contributed by atoms with Gasteiger partial charge in [0, 0.05) is 0 Å². The molecule has 0 aliphatic rings. The zero-order valence-electron chi connectivity index (χ0n) is 6.00. The van der Waals surface area contributed by atoms with Crippen molar-refractivity contribution in [3.63, 3.8) is 0 Å². The summed E-state index contributed by atoms with van der Waals surface area (Å²) in [6.45, 7) is 0.108. The van der Waals surface area contributed by atoms with Crippen LogP contribution in [0.25, 0.3) is 6.08 Å². The van der Waals surface area contributed by atoms with Crippen LogP contribution in [-0.2, 0) is 6.61 Å². The molecule has 2 heteroatoms. The van der Waals surface area contributed by atoms with Gasteiger partial charge in [-0.25, -0.2) is 0 Å². The minimum atomic E-state index is 0.108. The molecule has 1 rings (SSSR count). The van der Waals surface area contributed by atoms with Crippen LogP contribution in [-0.4, -0.2) is 5.11 Å². The van der Waals surface area contributed by atoms with Crippen LogP contribution in [0.3, 0.4) is 0 Å². The Bertz CT molecular complexity index is 255. The summed E-state index contributed by atoms with van der Waals surface area (Å²) in [5.41, 5.74) is 2.06. The molecular formula is C9H9IO. The molecular weight excluding hydrogens is 251 g/mol. The quantitative estimate of drug-likeness (QED) is 0.810. The first-order valence-electron chi connectivity index (χ1n) is 3.34. The Morgan fingerprint density at radius 3 is 2.73 bits per heavy atom. The predicted molar refractivity (Wildman–Crippen MR) is 55.4 cm³/mol. The van der Waals surface area contributed by atoms with E-state index in [-0.39, 0.29) is 6.61 Å². The smallest absolute Gasteiger partial charge is 0.0687 e. The molecule has 58 valence electrons. The number of benzene rings is 1. The summed E-state index contributed by atoms with van der Waals surface area (Å²) in [6.07, 6.45) is 1.98. The first-order valence-corrected chi connectivity index (χ1v) is 4.58. The van der Waals surface area contributed by atoms with Gasteiger partial charge in [0.15, 0.2) is 0 Å². The van der Waals surface area contributed by atoms with E-state index in [2.05, 4.69) is 22.6 Å². The highest BCUT2D eigenvalue weighted by Gasteiger charge is 1.93. The van der Waals surface area contributed by atoms with Crippen LogP contribution in [0.1, 0.15) is 11.1 Å². The second-order valence-electron chi connectivity index (χ2n) is 2.15. The van der Waals surface area contributed by atoms with Crippen molar-refractivity contribution in [2.24, 2.45) is 0 Å². The number of hydrogen-bond acceptors (Lipinski definition) is 1. The van der Waals surface area contributed by atoms with Gasteiger partial charge in [-0.15, -0.1) is 0 Å². The Labute approximate surface area is 79.9 Å². The average molecular weight is 260 g/mol. The second kappa shape index (κ2) is 4.51. The maximum absolute atomic E-state index is 8.91. The van der Waals surface area contributed by atoms with E-state index < -0.39 is 0 Å². The fraction of sp³-hybridized carbons (Fsp3) is 0.111. The van der Waals surface area contributed by atoms with Crippen molar-refractivity contribution >= 4 is 28.7 Å². The summed E-state index contributed by atoms with van der Waals surface area (Å²) in [4.78, 5) is 0. The molecule has 0 saturated carbocycles. The predicted octanol–water partition coefficient (Wildman–Crippen LogP) is 2.58. The van der Waals surface area contributed by atoms with Crippen LogP contribution in [0, 0.1) is 0 Å². The van der Waals surface area contributed by atoms with Crippen molar-refractivity contribution in [3.8, 4) is 0 Å². The van der Waals surface area contributed by atoms with E-state index in [0.29, 0.717) is 0 Å². The molecule has 1 aromatic carbocycles. The second-order valence-corrected chi connectivity index (χ2v) is 2.87. The Morgan fingerprint density at radius 1 is 1.36 bits per heavy atom. The Kier molecular flexibility index (Phi) is 3.59. The number of halogens is 1. The zero-order chi connectivity index (χ0) is 8.10. The normalized spacial score (nSPS) is 10.7. The third-order valence-corrected chi connectivity index (χ3v) is 1.83. The number of hydrogen-bond donors (Lipinski definition) is 1. The minimum Gasteiger partial charge on any atom is -0.392 e. The van der Waals surface area contributed by atoms with Gasteiger partial charge in [0.05, 0.1) is 6.61 Å². The molecule has 0 aromatic heterocycles. The lowest BCUT2D eigenvalue weighted by molar-refractivity contribution is 0.281. The van der Waals surface area contributed by atoms with Crippen molar-refractivity contribution in [1.82, 2.24) is 0 Å². The van der Waals surface area contributed by atoms with Gasteiger partial charge in [-0.05, 0) is 21.3 Å². The highest BCUT2D eigenvalue weighted by molar-refractivity contribution is 14.1. The van der Waals surface area contributed by atoms with Crippen LogP contribution in [0.15, 0.2) is 28.3 Å². The molecule has 0 heterocycles. The average Bonchev–Trinajstić information content (AvgIpc) is 2.06. The molecule has 0 unspecified atom stereocenters. The molecule has 1 aromatic rings. The Morgan fingerprint density at radius 2 is 2.09 bits per heavy atom. The summed E-state index contributed by atoms with van der Waals surface area (Å²) < 4.78 is 1.94. The van der Waals surface area contributed by atoms with E-state index in [9.17, 15) is 0 Å². The van der Waals surface area contributed by atoms with Crippen molar-refractivity contribution in [1.29, 1.82) is 0 Å². The van der Waals surface area contributed by atoms with Crippen molar-refractivity contribution in [2.45, 2.75) is 6.61 Å². The minimum absolute atomic E-state index is 0.108. The summed E-state index contributed by atoms with van der Waals surface area (Å²) in [5.74, 6) is 0. The van der Waals surface area contributed by atoms with Gasteiger partial charge >= 0.3 is 0 Å². The number of aliphatic hydroxyl groups is 1. The molecule has 0 aliphatic carbocycles. The molecule has 0 saturated heterocycles. The number of rotatable bonds is 2. The van der Waals surface area contributed by atoms with Gasteiger partial charge in [-0.3, -0.25) is 0 Å². The highest BCUT2D eigenvalue weighted by Crippen LogP contribution is 2.11. The van der Waals surface area contributed by atoms with Gasteiger partial charge in [-0.1, -0.05) is 46.9 Å². The Hall–Kier alpha value is -0.350. The van der Waals surface area contributed by atoms with E-state index in [1.165, 1.54) is 0 Å². The van der Waals surface area contributed by atoms with Crippen LogP contribution < -0.4 is 0 Å². The highest BCUT2D eigenvalue weighted by atomic mass is 127. The molecule has 1 N–H and O–H groups in total. The molecule has 0 radical (unpaired) electrons. The van der Waals surface area contributed by atoms with Gasteiger partial charge < -0.3 is 5.11 Å². The fourth-order valence-electron chi connectivity index (χ4n) is 0.909. The lowest BCUT2D eigenvalue weighted by Gasteiger charge is -1.99. The SMILES string of the molecule is OCc1ccccc1/C=C\I. The van der Waals surface area contributed by atoms with E-state index in [4.69, 9.17) is 5.11 Å². The zero-order valence-corrected chi connectivity index (χ0v) is 8.15. The standard InChI is InChI=1S/C9H9IO/c10-6-5-8-3-1-2-4-9(8)7-11/h1-6,11H,7H2/b6-5-. The third-order valence-electron chi connectivity index (χ3n) is 1.47. The molecule has 11 heavy (non-hydrogen) atoms. The largest absolute Gasteiger partial charge is 0.392 e. The molecule has 0 fully saturated rings. The van der Waals surface area contributed by atoms with E-state index >= 15 is 0 Å². The van der Waals surface area contributed by atoms with Crippen LogP contribution in [0.5, 0.6) is 0 Å². The van der Waals surface area contributed by atoms with E-state index in [1.807, 2.05) is 34.4 Å². The molecule has 0 spiro atoms. The van der Waals surface area contributed by atoms with Crippen molar-refractivity contribution in [3.05, 3.63) is 39.5 Å². The van der Waals surface area contributed by atoms with E-state index in [0.717, 1.165) is 11.1 Å². The van der Waals surface area contributed by atoms with E-state index in [1.54, 1.807) is 0 Å². The lowest BCUT2D eigenvalue weighted by Crippen LogP contribution is -1.85. The van der Waals surface area contributed by atoms with Gasteiger partial charge in [0.25, 0.3) is 0 Å². The third kappa shape index (κ3) is 2.31. The summed E-state index contributed by atoms with van der Waals surface area (Å²) in [6, 6.07) is 7.80. The molecule has 0 amide bonds. The molecule has 0 bridgehead atoms. The molecule has 0 atom stereocenters. The van der Waals surface area contributed by atoms with Crippen LogP contribution in [0.4, 0.5) is 0 Å². The van der Waals surface area contributed by atoms with Gasteiger partial charge in [0.1, 0.15) is 0 Å². The molecule has 1 nitrogen and oxygen atoms in total. The number of aliphatic hydroxyl groups excluding tert-OH is 1. The van der Waals surface area contributed by atoms with Crippen molar-refractivity contribution in [2.75, 3.05) is 0 Å². The van der Waals surface area contributed by atoms with Crippen LogP contribution >= 0.6 is 22.6 Å². The Balaban J connectivity index is 3.02. The summed E-state index contributed by atoms with van der Waals surface area (Å²) >= 11 is 2.16. The first kappa shape index (κ1) is 8.74. The maximum Gasteiger partial charge on any atom is 0.0687 e. The summed E-state index contributed by atoms with van der Waals surface area (Å²) in [7, 11) is 0. The fourth-order valence-corrected chi connectivity index (χ4v) is 1.30. The molecule has 0 aliphatic heterocycles. The topological polar surface area (TPSA) is 20.2 Å². The van der Waals surface area contributed by atoms with Gasteiger partial charge in [-0.2, -0.15) is 0 Å².